The molecule has 142 valence electrons. The van der Waals surface area contributed by atoms with Crippen molar-refractivity contribution in [3.63, 3.8) is 0 Å². The third kappa shape index (κ3) is 3.54. The molecule has 0 aliphatic carbocycles. The Morgan fingerprint density at radius 3 is 1.76 bits per heavy atom. The fourth-order valence-electron chi connectivity index (χ4n) is 9.03. The molecule has 4 saturated heterocycles. The van der Waals surface area contributed by atoms with Gasteiger partial charge in [0.2, 0.25) is 0 Å². The summed E-state index contributed by atoms with van der Waals surface area (Å²) in [4.78, 5) is 0. The average Bonchev–Trinajstić information content (AvgIpc) is 2.57. The standard InChI is InChI=1S/C22H40B2Br/c1-24(20-12-6-13-21(24)15-7-14-20)22(16-2-3-17-25)23-18-8-4-9-19(23)11-5-10-18/h18-22H,2-17H2,1H3/q-1. The van der Waals surface area contributed by atoms with E-state index in [1.54, 1.807) is 83.5 Å². The number of hydrogen-bond donors (Lipinski definition) is 0. The van der Waals surface area contributed by atoms with Crippen molar-refractivity contribution >= 4 is 28.8 Å². The van der Waals surface area contributed by atoms with Gasteiger partial charge in [0.1, 0.15) is 6.71 Å². The van der Waals surface area contributed by atoms with Gasteiger partial charge in [0.15, 0.2) is 0 Å². The van der Waals surface area contributed by atoms with Gasteiger partial charge in [-0.25, -0.2) is 0 Å². The van der Waals surface area contributed by atoms with E-state index in [1.165, 1.54) is 18.2 Å². The van der Waals surface area contributed by atoms with Crippen LogP contribution in [0, 0.1) is 0 Å². The highest BCUT2D eigenvalue weighted by Crippen LogP contribution is 2.63. The Kier molecular flexibility index (Phi) is 6.31. The average molecular weight is 406 g/mol. The Morgan fingerprint density at radius 2 is 1.28 bits per heavy atom. The van der Waals surface area contributed by atoms with Crippen LogP contribution < -0.4 is 0 Å². The van der Waals surface area contributed by atoms with Crippen LogP contribution in [0.4, 0.5) is 0 Å². The number of unbranched alkanes of at least 4 members (excludes halogenated alkanes) is 1. The molecular formula is C22H40B2Br-. The van der Waals surface area contributed by atoms with E-state index in [4.69, 9.17) is 0 Å². The maximum Gasteiger partial charge on any atom is 0.114 e. The zero-order chi connectivity index (χ0) is 17.3. The van der Waals surface area contributed by atoms with Gasteiger partial charge in [-0.3, -0.25) is 0 Å². The Balaban J connectivity index is 1.63. The van der Waals surface area contributed by atoms with Crippen LogP contribution in [0.25, 0.3) is 0 Å². The van der Waals surface area contributed by atoms with E-state index >= 15 is 0 Å². The molecule has 4 fully saturated rings. The summed E-state index contributed by atoms with van der Waals surface area (Å²) in [5.74, 6) is 4.49. The van der Waals surface area contributed by atoms with E-state index in [2.05, 4.69) is 22.8 Å². The monoisotopic (exact) mass is 405 g/mol. The fourth-order valence-corrected chi connectivity index (χ4v) is 9.42. The molecule has 0 amide bonds. The number of fused-ring (bicyclic) bond motifs is 4. The molecule has 0 aromatic carbocycles. The maximum absolute atomic E-state index is 3.71. The third-order valence-corrected chi connectivity index (χ3v) is 10.6. The Morgan fingerprint density at radius 1 is 0.800 bits per heavy atom. The van der Waals surface area contributed by atoms with Crippen molar-refractivity contribution in [2.45, 2.75) is 132 Å². The van der Waals surface area contributed by atoms with Gasteiger partial charge >= 0.3 is 0 Å². The summed E-state index contributed by atoms with van der Waals surface area (Å²) in [5.41, 5.74) is 1.12. The van der Waals surface area contributed by atoms with Crippen molar-refractivity contribution in [3.05, 3.63) is 0 Å². The molecule has 4 heterocycles. The van der Waals surface area contributed by atoms with Gasteiger partial charge in [0.25, 0.3) is 0 Å². The number of rotatable bonds is 6. The molecule has 0 nitrogen and oxygen atoms in total. The summed E-state index contributed by atoms with van der Waals surface area (Å²) in [5, 5.41) is 1.22. The minimum Gasteiger partial charge on any atom is -0.190 e. The lowest BCUT2D eigenvalue weighted by Crippen LogP contribution is -2.57. The van der Waals surface area contributed by atoms with Crippen molar-refractivity contribution in [1.82, 2.24) is 0 Å². The van der Waals surface area contributed by atoms with Crippen molar-refractivity contribution in [2.75, 3.05) is 5.33 Å². The first-order valence-electron chi connectivity index (χ1n) is 12.0. The lowest BCUT2D eigenvalue weighted by molar-refractivity contribution is 0.412. The van der Waals surface area contributed by atoms with Crippen molar-refractivity contribution in [2.24, 2.45) is 0 Å². The van der Waals surface area contributed by atoms with Crippen LogP contribution in [-0.2, 0) is 0 Å². The molecule has 3 heteroatoms. The van der Waals surface area contributed by atoms with Gasteiger partial charge in [-0.2, -0.15) is 24.2 Å². The molecule has 0 N–H and O–H groups in total. The van der Waals surface area contributed by atoms with Gasteiger partial charge in [-0.15, -0.1) is 0 Å². The molecule has 4 rings (SSSR count). The van der Waals surface area contributed by atoms with Crippen LogP contribution in [0.15, 0.2) is 0 Å². The first-order chi connectivity index (χ1) is 12.2. The molecule has 4 aliphatic rings. The number of hydrogen-bond acceptors (Lipinski definition) is 0. The first-order valence-corrected chi connectivity index (χ1v) is 13.1. The van der Waals surface area contributed by atoms with E-state index in [-0.39, 0.29) is 6.15 Å². The van der Waals surface area contributed by atoms with Crippen LogP contribution in [0.5, 0.6) is 0 Å². The summed E-state index contributed by atoms with van der Waals surface area (Å²) in [6.45, 7) is 4.00. The second kappa shape index (κ2) is 8.32. The molecule has 0 saturated carbocycles. The molecule has 4 bridgehead atoms. The highest BCUT2D eigenvalue weighted by atomic mass is 79.9. The van der Waals surface area contributed by atoms with Gasteiger partial charge in [0.05, 0.1) is 0 Å². The van der Waals surface area contributed by atoms with E-state index in [0.717, 1.165) is 35.7 Å². The number of halogens is 1. The van der Waals surface area contributed by atoms with E-state index in [9.17, 15) is 0 Å². The highest BCUT2D eigenvalue weighted by Gasteiger charge is 2.51. The first kappa shape index (κ1) is 18.9. The van der Waals surface area contributed by atoms with Crippen molar-refractivity contribution < 1.29 is 0 Å². The van der Waals surface area contributed by atoms with Crippen LogP contribution in [0.2, 0.25) is 35.8 Å². The predicted molar refractivity (Wildman–Crippen MR) is 119 cm³/mol. The topological polar surface area (TPSA) is 0 Å². The summed E-state index contributed by atoms with van der Waals surface area (Å²) in [6.07, 6.45) is 23.2. The molecule has 25 heavy (non-hydrogen) atoms. The van der Waals surface area contributed by atoms with Crippen LogP contribution in [-0.4, -0.2) is 18.2 Å². The minimum atomic E-state index is -0.128. The second-order valence-corrected chi connectivity index (χ2v) is 11.6. The van der Waals surface area contributed by atoms with Crippen molar-refractivity contribution in [3.8, 4) is 0 Å². The Labute approximate surface area is 166 Å². The second-order valence-electron chi connectivity index (χ2n) is 10.8. The van der Waals surface area contributed by atoms with E-state index < -0.39 is 0 Å². The maximum atomic E-state index is 3.71. The lowest BCUT2D eigenvalue weighted by Gasteiger charge is -2.65. The number of alkyl halides is 1. The smallest absolute Gasteiger partial charge is 0.114 e. The predicted octanol–water partition coefficient (Wildman–Crippen LogP) is 8.25. The zero-order valence-electron chi connectivity index (χ0n) is 16.7. The Hall–Kier alpha value is 0.610. The minimum absolute atomic E-state index is 0.128. The molecule has 1 unspecified atom stereocenters. The molecule has 0 radical (unpaired) electrons. The lowest BCUT2D eigenvalue weighted by atomic mass is 8.96. The van der Waals surface area contributed by atoms with Gasteiger partial charge in [0, 0.05) is 11.5 Å². The Bertz CT molecular complexity index is 396. The molecular weight excluding hydrogens is 366 g/mol. The van der Waals surface area contributed by atoms with Crippen LogP contribution in [0.1, 0.15) is 96.3 Å². The van der Waals surface area contributed by atoms with Gasteiger partial charge in [-0.05, 0) is 6.42 Å². The summed E-state index contributed by atoms with van der Waals surface area (Å²) in [7, 11) is 0. The van der Waals surface area contributed by atoms with E-state index in [1.807, 2.05) is 0 Å². The normalized spacial score (nSPS) is 42.2. The highest BCUT2D eigenvalue weighted by molar-refractivity contribution is 9.09. The fraction of sp³-hybridized carbons (Fsp3) is 1.00. The van der Waals surface area contributed by atoms with Gasteiger partial charge < -0.3 is 0 Å². The van der Waals surface area contributed by atoms with Gasteiger partial charge in [-0.1, -0.05) is 117 Å². The van der Waals surface area contributed by atoms with Crippen molar-refractivity contribution in [1.29, 1.82) is 0 Å². The molecule has 0 aromatic rings. The van der Waals surface area contributed by atoms with Crippen LogP contribution in [0.3, 0.4) is 0 Å². The van der Waals surface area contributed by atoms with E-state index in [0.29, 0.717) is 0 Å². The summed E-state index contributed by atoms with van der Waals surface area (Å²) < 4.78 is 0. The zero-order valence-corrected chi connectivity index (χ0v) is 18.3. The molecule has 0 aromatic heterocycles. The summed E-state index contributed by atoms with van der Waals surface area (Å²) in [6, 6.07) is 0. The van der Waals surface area contributed by atoms with Crippen LogP contribution >= 0.6 is 15.9 Å². The SMILES string of the molecule is C[B-]1(C(CCCCBr)B2C3CCCC2CCC3)C2CCCC1CCC2. The molecule has 0 spiro atoms. The largest absolute Gasteiger partial charge is 0.190 e. The third-order valence-electron chi connectivity index (χ3n) is 10.1. The molecule has 1 atom stereocenters. The quantitative estimate of drug-likeness (QED) is 0.237. The summed E-state index contributed by atoms with van der Waals surface area (Å²) >= 11 is 3.71. The molecule has 4 aliphatic heterocycles.